The molecule has 0 fully saturated rings. The highest BCUT2D eigenvalue weighted by Crippen LogP contribution is 2.31. The number of aryl methyl sites for hydroxylation is 1. The highest BCUT2D eigenvalue weighted by molar-refractivity contribution is 5.78. The van der Waals surface area contributed by atoms with Gasteiger partial charge in [0.25, 0.3) is 0 Å². The minimum atomic E-state index is 0.858. The normalized spacial score (nSPS) is 10.6. The number of aromatic amines is 1. The number of rotatable bonds is 2. The molecule has 1 N–H and O–H groups in total. The second-order valence-corrected chi connectivity index (χ2v) is 3.96. The van der Waals surface area contributed by atoms with Gasteiger partial charge in [-0.05, 0) is 25.1 Å². The smallest absolute Gasteiger partial charge is 0.138 e. The summed E-state index contributed by atoms with van der Waals surface area (Å²) in [6.07, 6.45) is 5.26. The van der Waals surface area contributed by atoms with Crippen molar-refractivity contribution in [2.75, 3.05) is 0 Å². The molecule has 84 valence electrons. The van der Waals surface area contributed by atoms with Crippen molar-refractivity contribution < 1.29 is 4.42 Å². The number of H-pyrrole nitrogens is 1. The highest BCUT2D eigenvalue weighted by Gasteiger charge is 2.11. The topological polar surface area (TPSA) is 41.8 Å². The molecular weight excluding hydrogens is 212 g/mol. The van der Waals surface area contributed by atoms with Crippen LogP contribution in [0.3, 0.4) is 0 Å². The lowest BCUT2D eigenvalue weighted by molar-refractivity contribution is 0.582. The van der Waals surface area contributed by atoms with E-state index in [1.54, 1.807) is 12.5 Å². The van der Waals surface area contributed by atoms with Gasteiger partial charge >= 0.3 is 0 Å². The summed E-state index contributed by atoms with van der Waals surface area (Å²) in [5, 5.41) is 0. The molecule has 2 heterocycles. The van der Waals surface area contributed by atoms with Crippen LogP contribution in [0.5, 0.6) is 0 Å². The fourth-order valence-electron chi connectivity index (χ4n) is 1.91. The van der Waals surface area contributed by atoms with E-state index in [1.807, 2.05) is 18.3 Å². The molecule has 0 aliphatic rings. The highest BCUT2D eigenvalue weighted by atomic mass is 16.3. The second-order valence-electron chi connectivity index (χ2n) is 3.96. The first-order chi connectivity index (χ1) is 8.34. The van der Waals surface area contributed by atoms with Gasteiger partial charge in [0.05, 0.1) is 6.26 Å². The average Bonchev–Trinajstić information content (AvgIpc) is 3.02. The van der Waals surface area contributed by atoms with Crippen molar-refractivity contribution >= 4 is 0 Å². The molecule has 0 spiro atoms. The summed E-state index contributed by atoms with van der Waals surface area (Å²) in [5.41, 5.74) is 3.31. The summed E-state index contributed by atoms with van der Waals surface area (Å²) in [4.78, 5) is 7.43. The lowest BCUT2D eigenvalue weighted by Gasteiger charge is -2.06. The SMILES string of the molecule is Cc1ccc(-c2ccco2)c(-c2ncc[nH]2)c1. The number of nitrogens with one attached hydrogen (secondary N) is 1. The lowest BCUT2D eigenvalue weighted by Crippen LogP contribution is -1.87. The Labute approximate surface area is 99.1 Å². The molecule has 17 heavy (non-hydrogen) atoms. The van der Waals surface area contributed by atoms with Gasteiger partial charge in [0.2, 0.25) is 0 Å². The first-order valence-electron chi connectivity index (χ1n) is 5.49. The fraction of sp³-hybridized carbons (Fsp3) is 0.0714. The van der Waals surface area contributed by atoms with Crippen LogP contribution in [0.4, 0.5) is 0 Å². The summed E-state index contributed by atoms with van der Waals surface area (Å²) in [6.45, 7) is 2.07. The molecule has 3 rings (SSSR count). The molecular formula is C14H12N2O. The minimum absolute atomic E-state index is 0.858. The average molecular weight is 224 g/mol. The van der Waals surface area contributed by atoms with Crippen LogP contribution in [-0.2, 0) is 0 Å². The maximum atomic E-state index is 5.46. The molecule has 0 radical (unpaired) electrons. The first-order valence-corrected chi connectivity index (χ1v) is 5.49. The Morgan fingerprint density at radius 3 is 2.82 bits per heavy atom. The third-order valence-corrected chi connectivity index (χ3v) is 2.72. The second kappa shape index (κ2) is 3.94. The van der Waals surface area contributed by atoms with Crippen molar-refractivity contribution in [1.29, 1.82) is 0 Å². The monoisotopic (exact) mass is 224 g/mol. The minimum Gasteiger partial charge on any atom is -0.464 e. The van der Waals surface area contributed by atoms with Crippen LogP contribution in [0, 0.1) is 6.92 Å². The predicted octanol–water partition coefficient (Wildman–Crippen LogP) is 3.65. The Bertz CT molecular complexity index is 610. The van der Waals surface area contributed by atoms with Gasteiger partial charge in [0.1, 0.15) is 11.6 Å². The van der Waals surface area contributed by atoms with Crippen LogP contribution in [0.15, 0.2) is 53.4 Å². The van der Waals surface area contributed by atoms with Gasteiger partial charge in [0.15, 0.2) is 0 Å². The molecule has 3 nitrogen and oxygen atoms in total. The maximum absolute atomic E-state index is 5.46. The first kappa shape index (κ1) is 9.90. The van der Waals surface area contributed by atoms with Gasteiger partial charge < -0.3 is 9.40 Å². The number of benzene rings is 1. The summed E-state index contributed by atoms with van der Waals surface area (Å²) in [5.74, 6) is 1.72. The fourth-order valence-corrected chi connectivity index (χ4v) is 1.91. The van der Waals surface area contributed by atoms with Crippen LogP contribution < -0.4 is 0 Å². The van der Waals surface area contributed by atoms with E-state index in [0.717, 1.165) is 22.7 Å². The van der Waals surface area contributed by atoms with E-state index in [4.69, 9.17) is 4.42 Å². The van der Waals surface area contributed by atoms with Gasteiger partial charge in [0, 0.05) is 23.5 Å². The molecule has 0 aliphatic carbocycles. The van der Waals surface area contributed by atoms with Crippen molar-refractivity contribution in [3.63, 3.8) is 0 Å². The molecule has 0 aliphatic heterocycles. The van der Waals surface area contributed by atoms with E-state index >= 15 is 0 Å². The van der Waals surface area contributed by atoms with Crippen molar-refractivity contribution in [3.05, 3.63) is 54.6 Å². The largest absolute Gasteiger partial charge is 0.464 e. The molecule has 1 aromatic carbocycles. The van der Waals surface area contributed by atoms with Crippen molar-refractivity contribution in [2.45, 2.75) is 6.92 Å². The zero-order chi connectivity index (χ0) is 11.7. The van der Waals surface area contributed by atoms with Gasteiger partial charge in [-0.15, -0.1) is 0 Å². The molecule has 0 bridgehead atoms. The number of imidazole rings is 1. The van der Waals surface area contributed by atoms with E-state index in [0.29, 0.717) is 0 Å². The van der Waals surface area contributed by atoms with Crippen LogP contribution in [0.2, 0.25) is 0 Å². The Morgan fingerprint density at radius 1 is 1.18 bits per heavy atom. The number of hydrogen-bond donors (Lipinski definition) is 1. The Hall–Kier alpha value is -2.29. The molecule has 0 atom stereocenters. The van der Waals surface area contributed by atoms with Crippen LogP contribution in [0.25, 0.3) is 22.7 Å². The third kappa shape index (κ3) is 1.76. The van der Waals surface area contributed by atoms with Crippen molar-refractivity contribution in [3.8, 4) is 22.7 Å². The zero-order valence-electron chi connectivity index (χ0n) is 9.47. The summed E-state index contributed by atoms with van der Waals surface area (Å²) >= 11 is 0. The van der Waals surface area contributed by atoms with Gasteiger partial charge in [-0.25, -0.2) is 4.98 Å². The number of aromatic nitrogens is 2. The standard InChI is InChI=1S/C14H12N2O/c1-10-4-5-11(13-3-2-8-17-13)12(9-10)14-15-6-7-16-14/h2-9H,1H3,(H,15,16). The zero-order valence-corrected chi connectivity index (χ0v) is 9.47. The number of hydrogen-bond acceptors (Lipinski definition) is 2. The van der Waals surface area contributed by atoms with Gasteiger partial charge in [-0.2, -0.15) is 0 Å². The van der Waals surface area contributed by atoms with Crippen molar-refractivity contribution in [2.24, 2.45) is 0 Å². The van der Waals surface area contributed by atoms with Crippen LogP contribution >= 0.6 is 0 Å². The van der Waals surface area contributed by atoms with Crippen LogP contribution in [0.1, 0.15) is 5.56 Å². The Balaban J connectivity index is 2.22. The summed E-state index contributed by atoms with van der Waals surface area (Å²) < 4.78 is 5.46. The predicted molar refractivity (Wildman–Crippen MR) is 66.5 cm³/mol. The maximum Gasteiger partial charge on any atom is 0.138 e. The molecule has 0 amide bonds. The number of nitrogens with zero attached hydrogens (tertiary/aromatic N) is 1. The van der Waals surface area contributed by atoms with E-state index in [-0.39, 0.29) is 0 Å². The molecule has 0 saturated carbocycles. The van der Waals surface area contributed by atoms with E-state index < -0.39 is 0 Å². The van der Waals surface area contributed by atoms with Crippen LogP contribution in [-0.4, -0.2) is 9.97 Å². The summed E-state index contributed by atoms with van der Waals surface area (Å²) in [6, 6.07) is 10.1. The van der Waals surface area contributed by atoms with E-state index in [9.17, 15) is 0 Å². The third-order valence-electron chi connectivity index (χ3n) is 2.72. The van der Waals surface area contributed by atoms with Gasteiger partial charge in [-0.1, -0.05) is 17.7 Å². The molecule has 3 heteroatoms. The molecule has 0 unspecified atom stereocenters. The quantitative estimate of drug-likeness (QED) is 0.722. The van der Waals surface area contributed by atoms with E-state index in [1.165, 1.54) is 5.56 Å². The molecule has 0 saturated heterocycles. The Morgan fingerprint density at radius 2 is 2.12 bits per heavy atom. The van der Waals surface area contributed by atoms with E-state index in [2.05, 4.69) is 35.1 Å². The number of furan rings is 1. The van der Waals surface area contributed by atoms with Gasteiger partial charge in [-0.3, -0.25) is 0 Å². The Kier molecular flexibility index (Phi) is 2.29. The van der Waals surface area contributed by atoms with Crippen molar-refractivity contribution in [1.82, 2.24) is 9.97 Å². The molecule has 2 aromatic heterocycles. The lowest BCUT2D eigenvalue weighted by atomic mass is 10.0. The molecule has 3 aromatic rings. The summed E-state index contributed by atoms with van der Waals surface area (Å²) in [7, 11) is 0.